The molecule has 0 heterocycles. The summed E-state index contributed by atoms with van der Waals surface area (Å²) in [7, 11) is 3.43. The SMILES string of the molecule is CN(C)[C@@H](CN)c1ccccc1C(F)(F)F. The highest BCUT2D eigenvalue weighted by molar-refractivity contribution is 5.32. The first-order chi connectivity index (χ1) is 7.38. The molecule has 90 valence electrons. The average Bonchev–Trinajstić information content (AvgIpc) is 2.17. The summed E-state index contributed by atoms with van der Waals surface area (Å²) in [6, 6.07) is 5.12. The number of alkyl halides is 3. The van der Waals surface area contributed by atoms with Gasteiger partial charge >= 0.3 is 6.18 Å². The maximum absolute atomic E-state index is 12.7. The molecule has 1 atom stereocenters. The van der Waals surface area contributed by atoms with Crippen molar-refractivity contribution in [3.05, 3.63) is 35.4 Å². The Kier molecular flexibility index (Phi) is 3.93. The molecule has 0 aromatic heterocycles. The zero-order valence-corrected chi connectivity index (χ0v) is 9.25. The van der Waals surface area contributed by atoms with Crippen molar-refractivity contribution in [3.8, 4) is 0 Å². The molecule has 0 aliphatic heterocycles. The Hall–Kier alpha value is -1.07. The van der Waals surface area contributed by atoms with E-state index in [-0.39, 0.29) is 12.1 Å². The van der Waals surface area contributed by atoms with E-state index >= 15 is 0 Å². The fourth-order valence-corrected chi connectivity index (χ4v) is 1.66. The van der Waals surface area contributed by atoms with Crippen molar-refractivity contribution in [2.45, 2.75) is 12.2 Å². The lowest BCUT2D eigenvalue weighted by molar-refractivity contribution is -0.138. The van der Waals surface area contributed by atoms with Crippen molar-refractivity contribution in [1.29, 1.82) is 0 Å². The molecule has 0 saturated carbocycles. The summed E-state index contributed by atoms with van der Waals surface area (Å²) in [5, 5.41) is 0. The fourth-order valence-electron chi connectivity index (χ4n) is 1.66. The first kappa shape index (κ1) is 13.0. The topological polar surface area (TPSA) is 29.3 Å². The summed E-state index contributed by atoms with van der Waals surface area (Å²) < 4.78 is 38.2. The number of hydrogen-bond acceptors (Lipinski definition) is 2. The average molecular weight is 232 g/mol. The Morgan fingerprint density at radius 1 is 1.25 bits per heavy atom. The maximum atomic E-state index is 12.7. The molecule has 0 bridgehead atoms. The predicted molar refractivity (Wildman–Crippen MR) is 56.9 cm³/mol. The van der Waals surface area contributed by atoms with Crippen molar-refractivity contribution < 1.29 is 13.2 Å². The number of nitrogens with zero attached hydrogens (tertiary/aromatic N) is 1. The molecule has 0 radical (unpaired) electrons. The minimum atomic E-state index is -4.33. The van der Waals surface area contributed by atoms with Gasteiger partial charge in [0.2, 0.25) is 0 Å². The Balaban J connectivity index is 3.22. The normalized spacial score (nSPS) is 14.2. The van der Waals surface area contributed by atoms with Crippen LogP contribution >= 0.6 is 0 Å². The first-order valence-electron chi connectivity index (χ1n) is 4.90. The number of likely N-dealkylation sites (N-methyl/N-ethyl adjacent to an activating group) is 1. The highest BCUT2D eigenvalue weighted by atomic mass is 19.4. The Morgan fingerprint density at radius 3 is 2.25 bits per heavy atom. The van der Waals surface area contributed by atoms with Crippen molar-refractivity contribution in [3.63, 3.8) is 0 Å². The number of benzene rings is 1. The van der Waals surface area contributed by atoms with Crippen LogP contribution in [0.1, 0.15) is 17.2 Å². The maximum Gasteiger partial charge on any atom is 0.416 e. The number of nitrogens with two attached hydrogens (primary N) is 1. The second-order valence-corrected chi connectivity index (χ2v) is 3.80. The third-order valence-electron chi connectivity index (χ3n) is 2.47. The Labute approximate surface area is 92.9 Å². The fraction of sp³-hybridized carbons (Fsp3) is 0.455. The molecular weight excluding hydrogens is 217 g/mol. The molecule has 0 aliphatic rings. The zero-order chi connectivity index (χ0) is 12.3. The Bertz CT molecular complexity index is 347. The van der Waals surface area contributed by atoms with E-state index in [0.717, 1.165) is 6.07 Å². The van der Waals surface area contributed by atoms with E-state index in [0.29, 0.717) is 0 Å². The highest BCUT2D eigenvalue weighted by Crippen LogP contribution is 2.35. The summed E-state index contributed by atoms with van der Waals surface area (Å²) in [4.78, 5) is 1.69. The lowest BCUT2D eigenvalue weighted by Gasteiger charge is -2.26. The van der Waals surface area contributed by atoms with E-state index in [1.165, 1.54) is 12.1 Å². The summed E-state index contributed by atoms with van der Waals surface area (Å²) in [5.41, 5.74) is 5.12. The van der Waals surface area contributed by atoms with Gasteiger partial charge in [0, 0.05) is 12.6 Å². The third-order valence-corrected chi connectivity index (χ3v) is 2.47. The molecule has 5 heteroatoms. The molecular formula is C11H15F3N2. The van der Waals surface area contributed by atoms with Crippen LogP contribution in [0.4, 0.5) is 13.2 Å². The van der Waals surface area contributed by atoms with Crippen LogP contribution in [0.5, 0.6) is 0 Å². The molecule has 16 heavy (non-hydrogen) atoms. The molecule has 1 aromatic rings. The van der Waals surface area contributed by atoms with E-state index < -0.39 is 17.8 Å². The summed E-state index contributed by atoms with van der Waals surface area (Å²) in [6.45, 7) is 0.153. The van der Waals surface area contributed by atoms with Crippen LogP contribution in [0.2, 0.25) is 0 Å². The van der Waals surface area contributed by atoms with E-state index in [2.05, 4.69) is 0 Å². The van der Waals surface area contributed by atoms with Gasteiger partial charge in [0.25, 0.3) is 0 Å². The van der Waals surface area contributed by atoms with Crippen LogP contribution in [0.3, 0.4) is 0 Å². The van der Waals surface area contributed by atoms with Gasteiger partial charge in [0.15, 0.2) is 0 Å². The van der Waals surface area contributed by atoms with Crippen LogP contribution < -0.4 is 5.73 Å². The molecule has 0 amide bonds. The molecule has 0 unspecified atom stereocenters. The van der Waals surface area contributed by atoms with Gasteiger partial charge in [0.1, 0.15) is 0 Å². The predicted octanol–water partition coefficient (Wildman–Crippen LogP) is 2.27. The molecule has 1 rings (SSSR count). The van der Waals surface area contributed by atoms with Crippen LogP contribution in [0.15, 0.2) is 24.3 Å². The van der Waals surface area contributed by atoms with Crippen LogP contribution in [-0.2, 0) is 6.18 Å². The van der Waals surface area contributed by atoms with Gasteiger partial charge in [-0.2, -0.15) is 13.2 Å². The third kappa shape index (κ3) is 2.74. The second-order valence-electron chi connectivity index (χ2n) is 3.80. The molecule has 1 aromatic carbocycles. The molecule has 2 N–H and O–H groups in total. The monoisotopic (exact) mass is 232 g/mol. The lowest BCUT2D eigenvalue weighted by Crippen LogP contribution is -2.29. The number of hydrogen-bond donors (Lipinski definition) is 1. The van der Waals surface area contributed by atoms with Gasteiger partial charge in [-0.05, 0) is 25.7 Å². The van der Waals surface area contributed by atoms with Crippen LogP contribution in [0, 0.1) is 0 Å². The number of halogens is 3. The van der Waals surface area contributed by atoms with Gasteiger partial charge < -0.3 is 10.6 Å². The van der Waals surface area contributed by atoms with Crippen molar-refractivity contribution in [2.75, 3.05) is 20.6 Å². The van der Waals surface area contributed by atoms with Gasteiger partial charge in [-0.3, -0.25) is 0 Å². The van der Waals surface area contributed by atoms with Gasteiger partial charge in [0.05, 0.1) is 5.56 Å². The van der Waals surface area contributed by atoms with Crippen molar-refractivity contribution in [2.24, 2.45) is 5.73 Å². The lowest BCUT2D eigenvalue weighted by atomic mass is 9.99. The number of rotatable bonds is 3. The highest BCUT2D eigenvalue weighted by Gasteiger charge is 2.34. The molecule has 0 saturated heterocycles. The molecule has 0 aliphatic carbocycles. The minimum absolute atomic E-state index is 0.153. The van der Waals surface area contributed by atoms with Crippen LogP contribution in [-0.4, -0.2) is 25.5 Å². The minimum Gasteiger partial charge on any atom is -0.329 e. The van der Waals surface area contributed by atoms with Gasteiger partial charge in [-0.1, -0.05) is 18.2 Å². The van der Waals surface area contributed by atoms with E-state index in [1.807, 2.05) is 0 Å². The van der Waals surface area contributed by atoms with Crippen molar-refractivity contribution in [1.82, 2.24) is 4.90 Å². The molecule has 0 fully saturated rings. The zero-order valence-electron chi connectivity index (χ0n) is 9.25. The van der Waals surface area contributed by atoms with E-state index in [9.17, 15) is 13.2 Å². The molecule has 2 nitrogen and oxygen atoms in total. The van der Waals surface area contributed by atoms with Crippen LogP contribution in [0.25, 0.3) is 0 Å². The summed E-state index contributed by atoms with van der Waals surface area (Å²) in [6.07, 6.45) is -4.33. The van der Waals surface area contributed by atoms with E-state index in [4.69, 9.17) is 5.73 Å². The standard InChI is InChI=1S/C11H15F3N2/c1-16(2)10(7-15)8-5-3-4-6-9(8)11(12,13)14/h3-6,10H,7,15H2,1-2H3/t10-/m0/s1. The summed E-state index contributed by atoms with van der Waals surface area (Å²) in [5.74, 6) is 0. The van der Waals surface area contributed by atoms with Gasteiger partial charge in [-0.25, -0.2) is 0 Å². The second kappa shape index (κ2) is 4.84. The quantitative estimate of drug-likeness (QED) is 0.866. The van der Waals surface area contributed by atoms with Crippen molar-refractivity contribution >= 4 is 0 Å². The summed E-state index contributed by atoms with van der Waals surface area (Å²) >= 11 is 0. The largest absolute Gasteiger partial charge is 0.416 e. The smallest absolute Gasteiger partial charge is 0.329 e. The first-order valence-corrected chi connectivity index (χ1v) is 4.90. The molecule has 0 spiro atoms. The van der Waals surface area contributed by atoms with Gasteiger partial charge in [-0.15, -0.1) is 0 Å². The van der Waals surface area contributed by atoms with E-state index in [1.54, 1.807) is 25.1 Å². The Morgan fingerprint density at radius 2 is 1.81 bits per heavy atom.